The number of aromatic amines is 1. The van der Waals surface area contributed by atoms with Crippen LogP contribution in [0.4, 0.5) is 4.39 Å². The Morgan fingerprint density at radius 1 is 1.12 bits per heavy atom. The number of halogens is 2. The molecule has 1 N–H and O–H groups in total. The van der Waals surface area contributed by atoms with Crippen LogP contribution in [-0.2, 0) is 23.0 Å². The standard InChI is InChI=1S/C17H14FIN2O2S/c18-11-1-6-16-14(9-11)15-10-21(8-7-17(15)20-16)24(22,23)13-4-2-12(19)3-5-13/h1-6,9,20H,7-8,10H2. The van der Waals surface area contributed by atoms with E-state index in [4.69, 9.17) is 0 Å². The van der Waals surface area contributed by atoms with Crippen molar-refractivity contribution in [3.8, 4) is 0 Å². The maximum atomic E-state index is 13.6. The van der Waals surface area contributed by atoms with Gasteiger partial charge in [-0.3, -0.25) is 0 Å². The van der Waals surface area contributed by atoms with Gasteiger partial charge in [0.2, 0.25) is 10.0 Å². The largest absolute Gasteiger partial charge is 0.358 e. The molecule has 2 heterocycles. The number of H-pyrrole nitrogens is 1. The molecule has 1 aliphatic rings. The molecule has 0 amide bonds. The Morgan fingerprint density at radius 2 is 1.88 bits per heavy atom. The first-order valence-corrected chi connectivity index (χ1v) is 10.0. The number of hydrogen-bond acceptors (Lipinski definition) is 2. The van der Waals surface area contributed by atoms with Gasteiger partial charge < -0.3 is 4.98 Å². The normalized spacial score (nSPS) is 15.6. The minimum atomic E-state index is -3.56. The minimum Gasteiger partial charge on any atom is -0.358 e. The monoisotopic (exact) mass is 456 g/mol. The molecule has 0 saturated heterocycles. The van der Waals surface area contributed by atoms with Crippen LogP contribution in [0.25, 0.3) is 10.9 Å². The van der Waals surface area contributed by atoms with E-state index in [-0.39, 0.29) is 17.3 Å². The summed E-state index contributed by atoms with van der Waals surface area (Å²) in [5.74, 6) is -0.318. The van der Waals surface area contributed by atoms with E-state index in [1.807, 2.05) is 0 Å². The molecule has 4 rings (SSSR count). The lowest BCUT2D eigenvalue weighted by molar-refractivity contribution is 0.391. The lowest BCUT2D eigenvalue weighted by atomic mass is 10.1. The van der Waals surface area contributed by atoms with E-state index in [1.165, 1.54) is 16.4 Å². The van der Waals surface area contributed by atoms with Gasteiger partial charge in [-0.1, -0.05) is 0 Å². The van der Waals surface area contributed by atoms with Gasteiger partial charge in [0.05, 0.1) is 4.90 Å². The van der Waals surface area contributed by atoms with Crippen molar-refractivity contribution in [2.45, 2.75) is 17.9 Å². The van der Waals surface area contributed by atoms with Crippen molar-refractivity contribution in [3.63, 3.8) is 0 Å². The number of rotatable bonds is 2. The Labute approximate surface area is 152 Å². The van der Waals surface area contributed by atoms with Crippen molar-refractivity contribution in [1.82, 2.24) is 9.29 Å². The van der Waals surface area contributed by atoms with Crippen LogP contribution in [0.1, 0.15) is 11.3 Å². The summed E-state index contributed by atoms with van der Waals surface area (Å²) >= 11 is 2.14. The molecule has 0 fully saturated rings. The highest BCUT2D eigenvalue weighted by Gasteiger charge is 2.30. The van der Waals surface area contributed by atoms with Gasteiger partial charge in [-0.05, 0) is 70.6 Å². The second-order valence-electron chi connectivity index (χ2n) is 5.81. The van der Waals surface area contributed by atoms with E-state index in [1.54, 1.807) is 30.3 Å². The molecule has 1 aromatic heterocycles. The maximum absolute atomic E-state index is 13.6. The molecule has 124 valence electrons. The maximum Gasteiger partial charge on any atom is 0.243 e. The molecular weight excluding hydrogens is 442 g/mol. The van der Waals surface area contributed by atoms with E-state index >= 15 is 0 Å². The number of fused-ring (bicyclic) bond motifs is 3. The zero-order chi connectivity index (χ0) is 16.9. The zero-order valence-corrected chi connectivity index (χ0v) is 15.6. The molecule has 1 aliphatic heterocycles. The summed E-state index contributed by atoms with van der Waals surface area (Å²) in [6.45, 7) is 0.670. The summed E-state index contributed by atoms with van der Waals surface area (Å²) in [6, 6.07) is 11.4. The van der Waals surface area contributed by atoms with Crippen LogP contribution in [0.5, 0.6) is 0 Å². The van der Waals surface area contributed by atoms with Gasteiger partial charge in [-0.2, -0.15) is 4.31 Å². The average Bonchev–Trinajstić information content (AvgIpc) is 2.92. The topological polar surface area (TPSA) is 53.2 Å². The Hall–Kier alpha value is -1.45. The molecule has 0 saturated carbocycles. The summed E-state index contributed by atoms with van der Waals surface area (Å²) in [5, 5.41) is 0.757. The van der Waals surface area contributed by atoms with E-state index in [9.17, 15) is 12.8 Å². The van der Waals surface area contributed by atoms with Crippen LogP contribution in [0, 0.1) is 9.39 Å². The van der Waals surface area contributed by atoms with Gasteiger partial charge in [0.25, 0.3) is 0 Å². The number of hydrogen-bond donors (Lipinski definition) is 1. The molecule has 0 atom stereocenters. The van der Waals surface area contributed by atoms with Crippen molar-refractivity contribution in [3.05, 3.63) is 63.1 Å². The number of nitrogens with one attached hydrogen (secondary N) is 1. The van der Waals surface area contributed by atoms with E-state index in [0.717, 1.165) is 25.7 Å². The van der Waals surface area contributed by atoms with Crippen LogP contribution in [0.2, 0.25) is 0 Å². The summed E-state index contributed by atoms with van der Waals surface area (Å²) in [5.41, 5.74) is 2.70. The Morgan fingerprint density at radius 3 is 2.62 bits per heavy atom. The molecule has 2 aromatic carbocycles. The average molecular weight is 456 g/mol. The first kappa shape index (κ1) is 16.0. The highest BCUT2D eigenvalue weighted by Crippen LogP contribution is 2.31. The van der Waals surface area contributed by atoms with Crippen LogP contribution in [0.15, 0.2) is 47.4 Å². The SMILES string of the molecule is O=S(=O)(c1ccc(I)cc1)N1CCc2[nH]c3ccc(F)cc3c2C1. The number of aromatic nitrogens is 1. The molecule has 4 nitrogen and oxygen atoms in total. The molecule has 7 heteroatoms. The Balaban J connectivity index is 1.74. The number of benzene rings is 2. The smallest absolute Gasteiger partial charge is 0.243 e. The van der Waals surface area contributed by atoms with Crippen molar-refractivity contribution < 1.29 is 12.8 Å². The predicted molar refractivity (Wildman–Crippen MR) is 98.7 cm³/mol. The molecule has 0 aliphatic carbocycles. The van der Waals surface area contributed by atoms with Gasteiger partial charge in [0, 0.05) is 39.7 Å². The Kier molecular flexibility index (Phi) is 3.89. The second-order valence-corrected chi connectivity index (χ2v) is 9.00. The summed E-state index contributed by atoms with van der Waals surface area (Å²) < 4.78 is 41.8. The van der Waals surface area contributed by atoms with E-state index < -0.39 is 10.0 Å². The van der Waals surface area contributed by atoms with Crippen molar-refractivity contribution in [2.24, 2.45) is 0 Å². The van der Waals surface area contributed by atoms with Gasteiger partial charge in [0.15, 0.2) is 0 Å². The first-order chi connectivity index (χ1) is 11.4. The van der Waals surface area contributed by atoms with Crippen molar-refractivity contribution in [2.75, 3.05) is 6.54 Å². The summed E-state index contributed by atoms with van der Waals surface area (Å²) in [4.78, 5) is 3.56. The van der Waals surface area contributed by atoms with E-state index in [2.05, 4.69) is 27.6 Å². The molecule has 0 spiro atoms. The quantitative estimate of drug-likeness (QED) is 0.599. The minimum absolute atomic E-state index is 0.257. The summed E-state index contributed by atoms with van der Waals surface area (Å²) in [7, 11) is -3.56. The van der Waals surface area contributed by atoms with Gasteiger partial charge in [-0.25, -0.2) is 12.8 Å². The summed E-state index contributed by atoms with van der Waals surface area (Å²) in [6.07, 6.45) is 0.592. The molecular formula is C17H14FIN2O2S. The molecule has 3 aromatic rings. The Bertz CT molecular complexity index is 1030. The lowest BCUT2D eigenvalue weighted by Crippen LogP contribution is -2.35. The van der Waals surface area contributed by atoms with Crippen LogP contribution < -0.4 is 0 Å². The van der Waals surface area contributed by atoms with Gasteiger partial charge >= 0.3 is 0 Å². The van der Waals surface area contributed by atoms with Gasteiger partial charge in [0.1, 0.15) is 5.82 Å². The highest BCUT2D eigenvalue weighted by atomic mass is 127. The number of sulfonamides is 1. The molecule has 24 heavy (non-hydrogen) atoms. The fourth-order valence-electron chi connectivity index (χ4n) is 3.12. The molecule has 0 unspecified atom stereocenters. The van der Waals surface area contributed by atoms with Crippen LogP contribution >= 0.6 is 22.6 Å². The van der Waals surface area contributed by atoms with Crippen LogP contribution in [0.3, 0.4) is 0 Å². The fraction of sp³-hybridized carbons (Fsp3) is 0.176. The van der Waals surface area contributed by atoms with Crippen molar-refractivity contribution in [1.29, 1.82) is 0 Å². The number of nitrogens with zero attached hydrogens (tertiary/aromatic N) is 1. The molecule has 0 radical (unpaired) electrons. The molecule has 0 bridgehead atoms. The third kappa shape index (κ3) is 2.64. The second kappa shape index (κ2) is 5.82. The third-order valence-corrected chi connectivity index (χ3v) is 6.93. The predicted octanol–water partition coefficient (Wildman–Crippen LogP) is 3.66. The first-order valence-electron chi connectivity index (χ1n) is 7.50. The zero-order valence-electron chi connectivity index (χ0n) is 12.6. The van der Waals surface area contributed by atoms with E-state index in [0.29, 0.717) is 13.0 Å². The highest BCUT2D eigenvalue weighted by molar-refractivity contribution is 14.1. The third-order valence-electron chi connectivity index (χ3n) is 4.35. The van der Waals surface area contributed by atoms with Crippen molar-refractivity contribution >= 4 is 43.5 Å². The van der Waals surface area contributed by atoms with Gasteiger partial charge in [-0.15, -0.1) is 0 Å². The lowest BCUT2D eigenvalue weighted by Gasteiger charge is -2.26. The fourth-order valence-corrected chi connectivity index (χ4v) is 4.89. The van der Waals surface area contributed by atoms with Crippen LogP contribution in [-0.4, -0.2) is 24.3 Å².